The van der Waals surface area contributed by atoms with Gasteiger partial charge in [-0.05, 0) is 35.9 Å². The monoisotopic (exact) mass is 446 g/mol. The van der Waals surface area contributed by atoms with E-state index in [-0.39, 0.29) is 24.9 Å². The number of anilines is 2. The number of nitro benzene ring substituents is 1. The van der Waals surface area contributed by atoms with Gasteiger partial charge in [-0.2, -0.15) is 0 Å². The zero-order valence-corrected chi connectivity index (χ0v) is 18.1. The minimum absolute atomic E-state index is 0.0198. The average Bonchev–Trinajstić information content (AvgIpc) is 3.28. The summed E-state index contributed by atoms with van der Waals surface area (Å²) in [5, 5.41) is 15.2. The SMILES string of the molecule is CN(C)c1ccc([C@H]2Nc3ccccc3C(=O)N2Cc2ccc3c(c2)OCO3)cc1[N+](=O)[O-]. The minimum atomic E-state index is -0.590. The maximum absolute atomic E-state index is 13.5. The molecule has 168 valence electrons. The Balaban J connectivity index is 1.57. The van der Waals surface area contributed by atoms with E-state index >= 15 is 0 Å². The second-order valence-electron chi connectivity index (χ2n) is 8.11. The molecule has 1 N–H and O–H groups in total. The van der Waals surface area contributed by atoms with E-state index in [0.717, 1.165) is 5.56 Å². The van der Waals surface area contributed by atoms with Gasteiger partial charge in [-0.25, -0.2) is 0 Å². The normalized spacial score (nSPS) is 16.2. The van der Waals surface area contributed by atoms with Crippen molar-refractivity contribution in [1.29, 1.82) is 0 Å². The highest BCUT2D eigenvalue weighted by Crippen LogP contribution is 2.39. The Bertz CT molecular complexity index is 1260. The molecule has 0 bridgehead atoms. The lowest BCUT2D eigenvalue weighted by atomic mass is 10.0. The summed E-state index contributed by atoms with van der Waals surface area (Å²) in [6, 6.07) is 17.9. The van der Waals surface area contributed by atoms with Crippen LogP contribution in [-0.2, 0) is 6.54 Å². The Morgan fingerprint density at radius 1 is 1.09 bits per heavy atom. The molecular weight excluding hydrogens is 424 g/mol. The number of benzene rings is 3. The molecule has 0 radical (unpaired) electrons. The van der Waals surface area contributed by atoms with Gasteiger partial charge in [0.1, 0.15) is 11.9 Å². The number of carbonyl (C=O) groups is 1. The summed E-state index contributed by atoms with van der Waals surface area (Å²) in [5.74, 6) is 1.14. The highest BCUT2D eigenvalue weighted by Gasteiger charge is 2.34. The third-order valence-corrected chi connectivity index (χ3v) is 5.81. The molecule has 5 rings (SSSR count). The molecule has 1 amide bonds. The second-order valence-corrected chi connectivity index (χ2v) is 8.11. The first-order chi connectivity index (χ1) is 15.9. The van der Waals surface area contributed by atoms with Crippen LogP contribution in [0, 0.1) is 10.1 Å². The quantitative estimate of drug-likeness (QED) is 0.464. The van der Waals surface area contributed by atoms with Crippen molar-refractivity contribution >= 4 is 23.0 Å². The first-order valence-electron chi connectivity index (χ1n) is 10.4. The molecule has 3 aromatic carbocycles. The topological polar surface area (TPSA) is 97.2 Å². The summed E-state index contributed by atoms with van der Waals surface area (Å²) in [6.07, 6.45) is -0.590. The highest BCUT2D eigenvalue weighted by molar-refractivity contribution is 6.01. The van der Waals surface area contributed by atoms with Crippen molar-refractivity contribution in [2.24, 2.45) is 0 Å². The van der Waals surface area contributed by atoms with Crippen LogP contribution in [0.1, 0.15) is 27.7 Å². The molecule has 2 aliphatic rings. The third-order valence-electron chi connectivity index (χ3n) is 5.81. The number of amides is 1. The average molecular weight is 446 g/mol. The lowest BCUT2D eigenvalue weighted by molar-refractivity contribution is -0.384. The number of rotatable bonds is 5. The standard InChI is InChI=1S/C24H22N4O5/c1-26(2)19-9-8-16(12-20(19)28(30)31)23-25-18-6-4-3-5-17(18)24(29)27(23)13-15-7-10-21-22(11-15)33-14-32-21/h3-12,23,25H,13-14H2,1-2H3/t23-/m0/s1. The minimum Gasteiger partial charge on any atom is -0.454 e. The van der Waals surface area contributed by atoms with Gasteiger partial charge < -0.3 is 24.6 Å². The summed E-state index contributed by atoms with van der Waals surface area (Å²) in [6.45, 7) is 0.450. The van der Waals surface area contributed by atoms with E-state index in [2.05, 4.69) is 5.32 Å². The molecule has 3 aromatic rings. The number of carbonyl (C=O) groups excluding carboxylic acids is 1. The molecule has 0 aliphatic carbocycles. The van der Waals surface area contributed by atoms with Crippen LogP contribution in [0.3, 0.4) is 0 Å². The first-order valence-corrected chi connectivity index (χ1v) is 10.4. The van der Waals surface area contributed by atoms with Crippen LogP contribution in [0.4, 0.5) is 17.1 Å². The largest absolute Gasteiger partial charge is 0.454 e. The van der Waals surface area contributed by atoms with E-state index in [9.17, 15) is 14.9 Å². The van der Waals surface area contributed by atoms with Crippen molar-refractivity contribution < 1.29 is 19.2 Å². The molecule has 0 fully saturated rings. The lowest BCUT2D eigenvalue weighted by Gasteiger charge is -2.38. The van der Waals surface area contributed by atoms with Gasteiger partial charge in [0, 0.05) is 38.0 Å². The van der Waals surface area contributed by atoms with Gasteiger partial charge in [0.05, 0.1) is 10.5 Å². The first kappa shape index (κ1) is 20.6. The Labute approximate surface area is 190 Å². The molecule has 9 nitrogen and oxygen atoms in total. The number of nitrogens with zero attached hydrogens (tertiary/aromatic N) is 3. The summed E-state index contributed by atoms with van der Waals surface area (Å²) in [7, 11) is 3.51. The molecular formula is C24H22N4O5. The molecule has 0 saturated heterocycles. The summed E-state index contributed by atoms with van der Waals surface area (Å²) in [4.78, 5) is 28.2. The van der Waals surface area contributed by atoms with Crippen molar-refractivity contribution in [2.45, 2.75) is 12.7 Å². The van der Waals surface area contributed by atoms with E-state index in [0.29, 0.717) is 34.0 Å². The predicted octanol–water partition coefficient (Wildman–Crippen LogP) is 4.16. The fraction of sp³-hybridized carbons (Fsp3) is 0.208. The second kappa shape index (κ2) is 8.01. The smallest absolute Gasteiger partial charge is 0.292 e. The maximum atomic E-state index is 13.5. The van der Waals surface area contributed by atoms with Crippen molar-refractivity contribution in [2.75, 3.05) is 31.1 Å². The number of hydrogen-bond donors (Lipinski definition) is 1. The van der Waals surface area contributed by atoms with E-state index in [1.54, 1.807) is 36.0 Å². The third kappa shape index (κ3) is 3.67. The van der Waals surface area contributed by atoms with Crippen molar-refractivity contribution in [3.8, 4) is 11.5 Å². The lowest BCUT2D eigenvalue weighted by Crippen LogP contribution is -2.42. The van der Waals surface area contributed by atoms with Crippen molar-refractivity contribution in [3.63, 3.8) is 0 Å². The van der Waals surface area contributed by atoms with Gasteiger partial charge in [0.15, 0.2) is 11.5 Å². The van der Waals surface area contributed by atoms with Gasteiger partial charge in [-0.15, -0.1) is 0 Å². The van der Waals surface area contributed by atoms with Gasteiger partial charge in [0.2, 0.25) is 6.79 Å². The zero-order chi connectivity index (χ0) is 23.1. The summed E-state index contributed by atoms with van der Waals surface area (Å²) < 4.78 is 10.9. The van der Waals surface area contributed by atoms with E-state index in [1.807, 2.05) is 42.5 Å². The van der Waals surface area contributed by atoms with Gasteiger partial charge >= 0.3 is 0 Å². The molecule has 9 heteroatoms. The Morgan fingerprint density at radius 2 is 1.88 bits per heavy atom. The van der Waals surface area contributed by atoms with Crippen LogP contribution < -0.4 is 19.7 Å². The van der Waals surface area contributed by atoms with Gasteiger partial charge in [0.25, 0.3) is 11.6 Å². The molecule has 0 spiro atoms. The van der Waals surface area contributed by atoms with Crippen LogP contribution in [0.2, 0.25) is 0 Å². The number of hydrogen-bond acceptors (Lipinski definition) is 7. The molecule has 2 heterocycles. The van der Waals surface area contributed by atoms with Crippen LogP contribution >= 0.6 is 0 Å². The fourth-order valence-electron chi connectivity index (χ4n) is 4.19. The van der Waals surface area contributed by atoms with Gasteiger partial charge in [-0.3, -0.25) is 14.9 Å². The van der Waals surface area contributed by atoms with E-state index < -0.39 is 11.1 Å². The molecule has 0 aromatic heterocycles. The predicted molar refractivity (Wildman–Crippen MR) is 123 cm³/mol. The highest BCUT2D eigenvalue weighted by atomic mass is 16.7. The Kier molecular flexibility index (Phi) is 5.01. The van der Waals surface area contributed by atoms with E-state index in [1.165, 1.54) is 6.07 Å². The molecule has 33 heavy (non-hydrogen) atoms. The van der Waals surface area contributed by atoms with Crippen molar-refractivity contribution in [3.05, 3.63) is 87.5 Å². The maximum Gasteiger partial charge on any atom is 0.292 e. The van der Waals surface area contributed by atoms with Crippen LogP contribution in [0.5, 0.6) is 11.5 Å². The molecule has 0 unspecified atom stereocenters. The molecule has 1 atom stereocenters. The Hall–Kier alpha value is -4.27. The number of fused-ring (bicyclic) bond motifs is 2. The number of nitro groups is 1. The van der Waals surface area contributed by atoms with Crippen LogP contribution in [0.25, 0.3) is 0 Å². The summed E-state index contributed by atoms with van der Waals surface area (Å²) in [5.41, 5.74) is 3.19. The van der Waals surface area contributed by atoms with Crippen molar-refractivity contribution in [1.82, 2.24) is 4.90 Å². The van der Waals surface area contributed by atoms with Crippen LogP contribution in [-0.4, -0.2) is 36.6 Å². The Morgan fingerprint density at radius 3 is 2.67 bits per heavy atom. The van der Waals surface area contributed by atoms with E-state index in [4.69, 9.17) is 9.47 Å². The number of para-hydroxylation sites is 1. The molecule has 2 aliphatic heterocycles. The van der Waals surface area contributed by atoms with Gasteiger partial charge in [-0.1, -0.05) is 24.3 Å². The zero-order valence-electron chi connectivity index (χ0n) is 18.1. The summed E-state index contributed by atoms with van der Waals surface area (Å²) >= 11 is 0. The molecule has 0 saturated carbocycles. The number of nitrogens with one attached hydrogen (secondary N) is 1. The fourth-order valence-corrected chi connectivity index (χ4v) is 4.19. The van der Waals surface area contributed by atoms with Crippen LogP contribution in [0.15, 0.2) is 60.7 Å². The number of ether oxygens (including phenoxy) is 2.